The first-order valence-electron chi connectivity index (χ1n) is 10.7. The Hall–Kier alpha value is -3.86. The smallest absolute Gasteiger partial charge is 0.358 e. The van der Waals surface area contributed by atoms with E-state index in [0.29, 0.717) is 23.4 Å². The van der Waals surface area contributed by atoms with Crippen LogP contribution in [0.2, 0.25) is 0 Å². The number of aromatic nitrogens is 3. The molecule has 0 amide bonds. The molecule has 8 heteroatoms. The summed E-state index contributed by atoms with van der Waals surface area (Å²) in [5, 5.41) is 16.1. The lowest BCUT2D eigenvalue weighted by Gasteiger charge is -2.20. The van der Waals surface area contributed by atoms with Gasteiger partial charge in [-0.2, -0.15) is 10.4 Å². The maximum Gasteiger partial charge on any atom is 0.358 e. The summed E-state index contributed by atoms with van der Waals surface area (Å²) < 4.78 is 12.7. The molecule has 1 aromatic carbocycles. The summed E-state index contributed by atoms with van der Waals surface area (Å²) in [5.74, 6) is -0.910. The Balaban J connectivity index is 2.09. The van der Waals surface area contributed by atoms with Gasteiger partial charge in [-0.1, -0.05) is 12.1 Å². The number of nitriles is 1. The second-order valence-electron chi connectivity index (χ2n) is 8.70. The second kappa shape index (κ2) is 9.33. The van der Waals surface area contributed by atoms with Gasteiger partial charge in [-0.25, -0.2) is 9.59 Å². The number of rotatable bonds is 6. The van der Waals surface area contributed by atoms with Crippen molar-refractivity contribution in [3.05, 3.63) is 64.2 Å². The summed E-state index contributed by atoms with van der Waals surface area (Å²) in [6, 6.07) is 10.9. The van der Waals surface area contributed by atoms with E-state index in [1.165, 1.54) is 0 Å². The number of ether oxygens (including phenoxy) is 2. The molecule has 1 N–H and O–H groups in total. The predicted molar refractivity (Wildman–Crippen MR) is 123 cm³/mol. The molecule has 33 heavy (non-hydrogen) atoms. The standard InChI is InChI=1S/C25H28N4O4/c1-7-32-23(30)20-12-19(27-28-20)14-29-15(2)21(18-10-8-17(13-26)9-11-18)22(16(29)3)24(31)33-25(4,5)6/h8-12H,7,14H2,1-6H3,(H,27,28). The van der Waals surface area contributed by atoms with Gasteiger partial charge in [0.1, 0.15) is 5.60 Å². The highest BCUT2D eigenvalue weighted by Crippen LogP contribution is 2.34. The molecular formula is C25H28N4O4. The van der Waals surface area contributed by atoms with Crippen molar-refractivity contribution in [1.29, 1.82) is 5.26 Å². The van der Waals surface area contributed by atoms with Crippen LogP contribution in [0.5, 0.6) is 0 Å². The van der Waals surface area contributed by atoms with Crippen LogP contribution in [0.25, 0.3) is 11.1 Å². The Kier molecular flexibility index (Phi) is 6.73. The molecular weight excluding hydrogens is 420 g/mol. The summed E-state index contributed by atoms with van der Waals surface area (Å²) in [7, 11) is 0. The fraction of sp³-hybridized carbons (Fsp3) is 0.360. The van der Waals surface area contributed by atoms with E-state index in [1.807, 2.05) is 51.3 Å². The van der Waals surface area contributed by atoms with Gasteiger partial charge in [-0.15, -0.1) is 0 Å². The molecule has 0 unspecified atom stereocenters. The summed E-state index contributed by atoms with van der Waals surface area (Å²) in [4.78, 5) is 25.2. The molecule has 2 heterocycles. The van der Waals surface area contributed by atoms with E-state index in [9.17, 15) is 9.59 Å². The molecule has 172 valence electrons. The van der Waals surface area contributed by atoms with Crippen molar-refractivity contribution in [3.8, 4) is 17.2 Å². The number of aromatic amines is 1. The van der Waals surface area contributed by atoms with Gasteiger partial charge in [0, 0.05) is 17.0 Å². The van der Waals surface area contributed by atoms with Gasteiger partial charge in [0.05, 0.1) is 36.0 Å². The van der Waals surface area contributed by atoms with Crippen molar-refractivity contribution in [1.82, 2.24) is 14.8 Å². The second-order valence-corrected chi connectivity index (χ2v) is 8.70. The number of benzene rings is 1. The Morgan fingerprint density at radius 1 is 1.12 bits per heavy atom. The third kappa shape index (κ3) is 5.14. The topological polar surface area (TPSA) is 110 Å². The van der Waals surface area contributed by atoms with Gasteiger partial charge in [0.25, 0.3) is 0 Å². The Morgan fingerprint density at radius 3 is 2.36 bits per heavy atom. The molecule has 0 spiro atoms. The van der Waals surface area contributed by atoms with Gasteiger partial charge in [0.2, 0.25) is 0 Å². The van der Waals surface area contributed by atoms with Crippen LogP contribution in [0.4, 0.5) is 0 Å². The van der Waals surface area contributed by atoms with E-state index in [1.54, 1.807) is 25.1 Å². The highest BCUT2D eigenvalue weighted by atomic mass is 16.6. The summed E-state index contributed by atoms with van der Waals surface area (Å²) >= 11 is 0. The highest BCUT2D eigenvalue weighted by Gasteiger charge is 2.28. The first kappa shape index (κ1) is 23.8. The average molecular weight is 449 g/mol. The van der Waals surface area contributed by atoms with Crippen LogP contribution in [-0.2, 0) is 16.0 Å². The Bertz CT molecular complexity index is 1220. The maximum absolute atomic E-state index is 13.2. The number of carbonyl (C=O) groups is 2. The van der Waals surface area contributed by atoms with E-state index in [4.69, 9.17) is 14.7 Å². The first-order valence-corrected chi connectivity index (χ1v) is 10.7. The molecule has 0 aliphatic heterocycles. The van der Waals surface area contributed by atoms with Crippen molar-refractivity contribution in [2.24, 2.45) is 0 Å². The fourth-order valence-corrected chi connectivity index (χ4v) is 3.69. The van der Waals surface area contributed by atoms with Crippen molar-refractivity contribution < 1.29 is 19.1 Å². The summed E-state index contributed by atoms with van der Waals surface area (Å²) in [6.07, 6.45) is 0. The van der Waals surface area contributed by atoms with Crippen LogP contribution in [0, 0.1) is 25.2 Å². The number of H-pyrrole nitrogens is 1. The Labute approximate surface area is 193 Å². The lowest BCUT2D eigenvalue weighted by Crippen LogP contribution is -2.24. The lowest BCUT2D eigenvalue weighted by molar-refractivity contribution is 0.00692. The SMILES string of the molecule is CCOC(=O)c1cc(Cn2c(C)c(C(=O)OC(C)(C)C)c(-c3ccc(C#N)cc3)c2C)[nH]n1. The van der Waals surface area contributed by atoms with Crippen LogP contribution in [0.15, 0.2) is 30.3 Å². The van der Waals surface area contributed by atoms with Crippen LogP contribution in [0.3, 0.4) is 0 Å². The van der Waals surface area contributed by atoms with Crippen LogP contribution < -0.4 is 0 Å². The van der Waals surface area contributed by atoms with E-state index in [2.05, 4.69) is 16.3 Å². The minimum absolute atomic E-state index is 0.203. The molecule has 0 saturated carbocycles. The number of esters is 2. The average Bonchev–Trinajstić information content (AvgIpc) is 3.31. The minimum Gasteiger partial charge on any atom is -0.461 e. The number of nitrogens with zero attached hydrogens (tertiary/aromatic N) is 3. The molecule has 3 rings (SSSR count). The summed E-state index contributed by atoms with van der Waals surface area (Å²) in [6.45, 7) is 11.6. The van der Waals surface area contributed by atoms with Crippen molar-refractivity contribution in [2.75, 3.05) is 6.61 Å². The zero-order chi connectivity index (χ0) is 24.3. The predicted octanol–water partition coefficient (Wildman–Crippen LogP) is 4.55. The molecule has 0 aliphatic carbocycles. The molecule has 0 aliphatic rings. The molecule has 0 bridgehead atoms. The van der Waals surface area contributed by atoms with Crippen LogP contribution in [-0.4, -0.2) is 38.9 Å². The number of hydrogen-bond acceptors (Lipinski definition) is 6. The van der Waals surface area contributed by atoms with Gasteiger partial charge in [-0.05, 0) is 65.3 Å². The highest BCUT2D eigenvalue weighted by molar-refractivity contribution is 6.00. The molecule has 3 aromatic rings. The largest absolute Gasteiger partial charge is 0.461 e. The third-order valence-electron chi connectivity index (χ3n) is 5.13. The lowest BCUT2D eigenvalue weighted by atomic mass is 9.99. The van der Waals surface area contributed by atoms with E-state index in [-0.39, 0.29) is 12.3 Å². The minimum atomic E-state index is -0.653. The van der Waals surface area contributed by atoms with Crippen molar-refractivity contribution >= 4 is 11.9 Å². The number of nitrogens with one attached hydrogen (secondary N) is 1. The van der Waals surface area contributed by atoms with Gasteiger partial charge < -0.3 is 14.0 Å². The molecule has 2 aromatic heterocycles. The molecule has 0 atom stereocenters. The van der Waals surface area contributed by atoms with Crippen molar-refractivity contribution in [2.45, 2.75) is 53.7 Å². The van der Waals surface area contributed by atoms with Crippen molar-refractivity contribution in [3.63, 3.8) is 0 Å². The summed E-state index contributed by atoms with van der Waals surface area (Å²) in [5.41, 5.74) is 4.39. The van der Waals surface area contributed by atoms with Gasteiger partial charge in [-0.3, -0.25) is 5.10 Å². The monoisotopic (exact) mass is 448 g/mol. The normalized spacial score (nSPS) is 11.2. The quantitative estimate of drug-likeness (QED) is 0.554. The molecule has 0 fully saturated rings. The molecule has 0 radical (unpaired) electrons. The molecule has 0 saturated heterocycles. The third-order valence-corrected chi connectivity index (χ3v) is 5.13. The molecule has 8 nitrogen and oxygen atoms in total. The van der Waals surface area contributed by atoms with Crippen LogP contribution in [0.1, 0.15) is 71.2 Å². The maximum atomic E-state index is 13.2. The zero-order valence-electron chi connectivity index (χ0n) is 19.8. The van der Waals surface area contributed by atoms with E-state index >= 15 is 0 Å². The van der Waals surface area contributed by atoms with E-state index in [0.717, 1.165) is 22.5 Å². The Morgan fingerprint density at radius 2 is 1.79 bits per heavy atom. The van der Waals surface area contributed by atoms with Gasteiger partial charge >= 0.3 is 11.9 Å². The number of carbonyl (C=O) groups excluding carboxylic acids is 2. The zero-order valence-corrected chi connectivity index (χ0v) is 19.8. The van der Waals surface area contributed by atoms with Crippen LogP contribution >= 0.6 is 0 Å². The first-order chi connectivity index (χ1) is 15.6. The number of hydrogen-bond donors (Lipinski definition) is 1. The van der Waals surface area contributed by atoms with Gasteiger partial charge in [0.15, 0.2) is 5.69 Å². The fourth-order valence-electron chi connectivity index (χ4n) is 3.69. The van der Waals surface area contributed by atoms with E-state index < -0.39 is 17.5 Å².